The number of non-ortho nitro benzene ring substituents is 1. The van der Waals surface area contributed by atoms with Crippen molar-refractivity contribution in [1.82, 2.24) is 0 Å². The lowest BCUT2D eigenvalue weighted by Gasteiger charge is -2.55. The Hall–Kier alpha value is -2.17. The van der Waals surface area contributed by atoms with Gasteiger partial charge in [0.2, 0.25) is 0 Å². The first-order valence-electron chi connectivity index (χ1n) is 7.99. The zero-order valence-corrected chi connectivity index (χ0v) is 13.5. The van der Waals surface area contributed by atoms with Crippen LogP contribution in [0.4, 0.5) is 5.69 Å². The fraction of sp³-hybridized carbons (Fsp3) is 0.500. The van der Waals surface area contributed by atoms with Crippen LogP contribution in [0.1, 0.15) is 43.5 Å². The van der Waals surface area contributed by atoms with Crippen LogP contribution in [0.3, 0.4) is 0 Å². The fourth-order valence-corrected chi connectivity index (χ4v) is 3.62. The molecular formula is C18H21NO4. The number of benzene rings is 1. The Kier molecular flexibility index (Phi) is 3.96. The molecule has 2 unspecified atom stereocenters. The molecule has 0 spiro atoms. The van der Waals surface area contributed by atoms with E-state index < -0.39 is 10.9 Å². The van der Waals surface area contributed by atoms with Crippen LogP contribution < -0.4 is 0 Å². The largest absolute Gasteiger partial charge is 0.462 e. The summed E-state index contributed by atoms with van der Waals surface area (Å²) in [5.74, 6) is 1.00. The van der Waals surface area contributed by atoms with Gasteiger partial charge in [0.15, 0.2) is 0 Å². The molecule has 0 radical (unpaired) electrons. The third kappa shape index (κ3) is 3.00. The minimum absolute atomic E-state index is 0.0317. The van der Waals surface area contributed by atoms with Crippen molar-refractivity contribution in [1.29, 1.82) is 0 Å². The summed E-state index contributed by atoms with van der Waals surface area (Å²) in [6.07, 6.45) is 5.54. The van der Waals surface area contributed by atoms with Gasteiger partial charge < -0.3 is 4.74 Å². The second-order valence-corrected chi connectivity index (χ2v) is 7.08. The summed E-state index contributed by atoms with van der Waals surface area (Å²) in [6, 6.07) is 5.49. The average Bonchev–Trinajstić information content (AvgIpc) is 2.55. The third-order valence-corrected chi connectivity index (χ3v) is 5.46. The van der Waals surface area contributed by atoms with Gasteiger partial charge in [-0.3, -0.25) is 10.1 Å². The minimum Gasteiger partial charge on any atom is -0.462 e. The Morgan fingerprint density at radius 1 is 1.35 bits per heavy atom. The number of nitro groups is 1. The SMILES string of the molecule is CC1(C)C2C=C(CCOC(=O)c3ccc([N+](=O)[O-])cc3)CC1C2. The first-order chi connectivity index (χ1) is 10.9. The molecule has 0 amide bonds. The highest BCUT2D eigenvalue weighted by molar-refractivity contribution is 5.89. The Bertz CT molecular complexity index is 660. The maximum absolute atomic E-state index is 11.9. The lowest BCUT2D eigenvalue weighted by atomic mass is 9.50. The predicted octanol–water partition coefficient (Wildman–Crippen LogP) is 4.13. The number of fused-ring (bicyclic) bond motifs is 1. The van der Waals surface area contributed by atoms with Gasteiger partial charge in [0.1, 0.15) is 0 Å². The lowest BCUT2D eigenvalue weighted by Crippen LogP contribution is -2.46. The summed E-state index contributed by atoms with van der Waals surface area (Å²) in [4.78, 5) is 22.0. The molecule has 5 heteroatoms. The van der Waals surface area contributed by atoms with E-state index in [-0.39, 0.29) is 5.69 Å². The molecule has 1 aromatic carbocycles. The van der Waals surface area contributed by atoms with Gasteiger partial charge in [-0.05, 0) is 42.2 Å². The van der Waals surface area contributed by atoms with E-state index in [9.17, 15) is 14.9 Å². The first-order valence-corrected chi connectivity index (χ1v) is 7.99. The number of esters is 1. The summed E-state index contributed by atoms with van der Waals surface area (Å²) in [6.45, 7) is 5.02. The molecule has 1 aromatic rings. The zero-order valence-electron chi connectivity index (χ0n) is 13.5. The van der Waals surface area contributed by atoms with Gasteiger partial charge in [-0.25, -0.2) is 4.79 Å². The van der Waals surface area contributed by atoms with E-state index in [4.69, 9.17) is 4.74 Å². The number of ether oxygens (including phenoxy) is 1. The van der Waals surface area contributed by atoms with Crippen molar-refractivity contribution in [2.24, 2.45) is 17.3 Å². The third-order valence-electron chi connectivity index (χ3n) is 5.46. The Labute approximate surface area is 135 Å². The number of nitro benzene ring substituents is 1. The fourth-order valence-electron chi connectivity index (χ4n) is 3.62. The van der Waals surface area contributed by atoms with Crippen molar-refractivity contribution >= 4 is 11.7 Å². The molecule has 0 heterocycles. The van der Waals surface area contributed by atoms with Crippen molar-refractivity contribution in [3.05, 3.63) is 51.6 Å². The van der Waals surface area contributed by atoms with Crippen LogP contribution in [-0.2, 0) is 4.74 Å². The standard InChI is InChI=1S/C18H21NO4/c1-18(2)14-9-12(10-15(18)11-14)7-8-23-17(20)13-3-5-16(6-4-13)19(21)22/h3-6,9,14-15H,7-8,10-11H2,1-2H3. The van der Waals surface area contributed by atoms with Crippen molar-refractivity contribution in [3.8, 4) is 0 Å². The van der Waals surface area contributed by atoms with Crippen LogP contribution >= 0.6 is 0 Å². The number of nitrogens with zero attached hydrogens (tertiary/aromatic N) is 1. The number of carbonyl (C=O) groups excluding carboxylic acids is 1. The topological polar surface area (TPSA) is 69.4 Å². The van der Waals surface area contributed by atoms with Gasteiger partial charge in [0, 0.05) is 18.6 Å². The highest BCUT2D eigenvalue weighted by Gasteiger charge is 2.49. The van der Waals surface area contributed by atoms with Gasteiger partial charge >= 0.3 is 5.97 Å². The van der Waals surface area contributed by atoms with E-state index in [1.54, 1.807) is 0 Å². The van der Waals surface area contributed by atoms with E-state index in [0.717, 1.165) is 18.8 Å². The van der Waals surface area contributed by atoms with Crippen molar-refractivity contribution in [2.45, 2.75) is 33.1 Å². The summed E-state index contributed by atoms with van der Waals surface area (Å²) >= 11 is 0. The van der Waals surface area contributed by atoms with Crippen LogP contribution in [0.15, 0.2) is 35.9 Å². The second-order valence-electron chi connectivity index (χ2n) is 7.08. The van der Waals surface area contributed by atoms with Crippen LogP contribution in [-0.4, -0.2) is 17.5 Å². The Morgan fingerprint density at radius 2 is 2.04 bits per heavy atom. The molecule has 1 fully saturated rings. The minimum atomic E-state index is -0.489. The highest BCUT2D eigenvalue weighted by Crippen LogP contribution is 2.58. The summed E-state index contributed by atoms with van der Waals surface area (Å²) < 4.78 is 5.28. The van der Waals surface area contributed by atoms with E-state index in [1.807, 2.05) is 0 Å². The molecule has 122 valence electrons. The highest BCUT2D eigenvalue weighted by atomic mass is 16.6. The van der Waals surface area contributed by atoms with Crippen molar-refractivity contribution in [3.63, 3.8) is 0 Å². The van der Waals surface area contributed by atoms with E-state index in [1.165, 1.54) is 36.3 Å². The van der Waals surface area contributed by atoms with Crippen LogP contribution in [0, 0.1) is 27.4 Å². The number of rotatable bonds is 5. The summed E-state index contributed by atoms with van der Waals surface area (Å²) in [7, 11) is 0. The average molecular weight is 315 g/mol. The van der Waals surface area contributed by atoms with Gasteiger partial charge in [0.05, 0.1) is 17.1 Å². The predicted molar refractivity (Wildman–Crippen MR) is 86.1 cm³/mol. The smallest absolute Gasteiger partial charge is 0.338 e. The number of hydrogen-bond acceptors (Lipinski definition) is 4. The molecule has 3 aliphatic rings. The maximum Gasteiger partial charge on any atom is 0.338 e. The summed E-state index contributed by atoms with van der Waals surface area (Å²) in [5.41, 5.74) is 2.13. The molecule has 0 N–H and O–H groups in total. The molecule has 5 nitrogen and oxygen atoms in total. The lowest BCUT2D eigenvalue weighted by molar-refractivity contribution is -0.384. The molecule has 1 saturated carbocycles. The normalized spacial score (nSPS) is 24.3. The Morgan fingerprint density at radius 3 is 2.57 bits per heavy atom. The monoisotopic (exact) mass is 315 g/mol. The van der Waals surface area contributed by atoms with Gasteiger partial charge in [-0.15, -0.1) is 0 Å². The van der Waals surface area contributed by atoms with E-state index in [0.29, 0.717) is 23.5 Å². The molecule has 0 aliphatic heterocycles. The number of carbonyl (C=O) groups is 1. The molecule has 4 rings (SSSR count). The van der Waals surface area contributed by atoms with Gasteiger partial charge in [-0.1, -0.05) is 25.5 Å². The first kappa shape index (κ1) is 15.7. The Balaban J connectivity index is 1.49. The molecule has 3 aliphatic carbocycles. The van der Waals surface area contributed by atoms with E-state index in [2.05, 4.69) is 19.9 Å². The van der Waals surface area contributed by atoms with Gasteiger partial charge in [0.25, 0.3) is 5.69 Å². The maximum atomic E-state index is 11.9. The number of hydrogen-bond donors (Lipinski definition) is 0. The molecule has 23 heavy (non-hydrogen) atoms. The zero-order chi connectivity index (χ0) is 16.6. The van der Waals surface area contributed by atoms with Crippen LogP contribution in [0.5, 0.6) is 0 Å². The van der Waals surface area contributed by atoms with Crippen LogP contribution in [0.25, 0.3) is 0 Å². The molecule has 0 saturated heterocycles. The quantitative estimate of drug-likeness (QED) is 0.354. The summed E-state index contributed by atoms with van der Waals surface area (Å²) in [5, 5.41) is 10.6. The van der Waals surface area contributed by atoms with Gasteiger partial charge in [-0.2, -0.15) is 0 Å². The molecular weight excluding hydrogens is 294 g/mol. The number of allylic oxidation sites excluding steroid dienone is 1. The van der Waals surface area contributed by atoms with E-state index >= 15 is 0 Å². The molecule has 0 aromatic heterocycles. The van der Waals surface area contributed by atoms with Crippen molar-refractivity contribution in [2.75, 3.05) is 6.61 Å². The molecule has 2 atom stereocenters. The molecule has 2 bridgehead atoms. The second kappa shape index (κ2) is 5.80. The van der Waals surface area contributed by atoms with Crippen molar-refractivity contribution < 1.29 is 14.5 Å². The van der Waals surface area contributed by atoms with Crippen LogP contribution in [0.2, 0.25) is 0 Å².